The normalized spacial score (nSPS) is 12.8. The van der Waals surface area contributed by atoms with Crippen molar-refractivity contribution in [2.75, 3.05) is 0 Å². The van der Waals surface area contributed by atoms with Crippen LogP contribution in [0.3, 0.4) is 0 Å². The lowest BCUT2D eigenvalue weighted by molar-refractivity contribution is 0.793. The minimum atomic E-state index is -0.274. The Morgan fingerprint density at radius 2 is 1.88 bits per heavy atom. The number of rotatable bonds is 2. The summed E-state index contributed by atoms with van der Waals surface area (Å²) in [5.41, 5.74) is 7.25. The van der Waals surface area contributed by atoms with E-state index < -0.39 is 0 Å². The van der Waals surface area contributed by atoms with E-state index in [-0.39, 0.29) is 6.04 Å². The van der Waals surface area contributed by atoms with E-state index in [4.69, 9.17) is 5.73 Å². The summed E-state index contributed by atoms with van der Waals surface area (Å²) in [6, 6.07) is 14.0. The Bertz CT molecular complexity index is 625. The second kappa shape index (κ2) is 3.99. The summed E-state index contributed by atoms with van der Waals surface area (Å²) in [6.45, 7) is 0. The van der Waals surface area contributed by atoms with Gasteiger partial charge in [-0.15, -0.1) is 0 Å². The van der Waals surface area contributed by atoms with Gasteiger partial charge in [-0.25, -0.2) is 4.98 Å². The Morgan fingerprint density at radius 3 is 2.71 bits per heavy atom. The molecule has 0 amide bonds. The molecule has 0 bridgehead atoms. The monoisotopic (exact) mass is 224 g/mol. The van der Waals surface area contributed by atoms with Crippen molar-refractivity contribution in [2.24, 2.45) is 5.73 Å². The van der Waals surface area contributed by atoms with Crippen LogP contribution in [0.4, 0.5) is 0 Å². The molecule has 2 aromatic carbocycles. The van der Waals surface area contributed by atoms with E-state index in [0.29, 0.717) is 5.82 Å². The number of nitrogens with one attached hydrogen (secondary N) is 1. The van der Waals surface area contributed by atoms with Crippen molar-refractivity contribution in [3.05, 3.63) is 60.2 Å². The van der Waals surface area contributed by atoms with Crippen LogP contribution >= 0.6 is 0 Å². The van der Waals surface area contributed by atoms with Crippen LogP contribution in [0.25, 0.3) is 10.8 Å². The maximum absolute atomic E-state index is 6.19. The molecule has 4 heteroatoms. The lowest BCUT2D eigenvalue weighted by Gasteiger charge is -2.11. The molecule has 3 N–H and O–H groups in total. The van der Waals surface area contributed by atoms with Crippen molar-refractivity contribution in [2.45, 2.75) is 6.04 Å². The first-order valence-corrected chi connectivity index (χ1v) is 5.45. The molecule has 17 heavy (non-hydrogen) atoms. The molecule has 0 saturated heterocycles. The summed E-state index contributed by atoms with van der Waals surface area (Å²) < 4.78 is 0. The van der Waals surface area contributed by atoms with Crippen molar-refractivity contribution in [1.29, 1.82) is 0 Å². The molecular formula is C13H12N4. The molecule has 3 rings (SSSR count). The van der Waals surface area contributed by atoms with Crippen LogP contribution in [0.1, 0.15) is 17.4 Å². The van der Waals surface area contributed by atoms with Gasteiger partial charge >= 0.3 is 0 Å². The van der Waals surface area contributed by atoms with Crippen LogP contribution in [0.2, 0.25) is 0 Å². The van der Waals surface area contributed by atoms with Gasteiger partial charge in [-0.05, 0) is 16.3 Å². The molecule has 4 nitrogen and oxygen atoms in total. The number of nitrogens with two attached hydrogens (primary N) is 1. The Kier molecular flexibility index (Phi) is 2.34. The van der Waals surface area contributed by atoms with Crippen molar-refractivity contribution < 1.29 is 0 Å². The van der Waals surface area contributed by atoms with E-state index in [9.17, 15) is 0 Å². The number of benzene rings is 2. The highest BCUT2D eigenvalue weighted by Gasteiger charge is 2.13. The fourth-order valence-corrected chi connectivity index (χ4v) is 2.03. The predicted octanol–water partition coefficient (Wildman–Crippen LogP) is 2.01. The second-order valence-electron chi connectivity index (χ2n) is 3.92. The van der Waals surface area contributed by atoms with Gasteiger partial charge in [0.2, 0.25) is 0 Å². The van der Waals surface area contributed by atoms with Gasteiger partial charge in [0.15, 0.2) is 0 Å². The van der Waals surface area contributed by atoms with Crippen molar-refractivity contribution in [3.63, 3.8) is 0 Å². The SMILES string of the molecule is NC(c1ncn[nH]1)c1cccc2ccccc12. The molecule has 1 aromatic heterocycles. The number of H-pyrrole nitrogens is 1. The fourth-order valence-electron chi connectivity index (χ4n) is 2.03. The number of nitrogens with zero attached hydrogens (tertiary/aromatic N) is 2. The van der Waals surface area contributed by atoms with Crippen LogP contribution in [-0.2, 0) is 0 Å². The number of hydrogen-bond acceptors (Lipinski definition) is 3. The molecule has 0 fully saturated rings. The Balaban J connectivity index is 2.17. The average molecular weight is 224 g/mol. The van der Waals surface area contributed by atoms with E-state index in [1.807, 2.05) is 24.3 Å². The highest BCUT2D eigenvalue weighted by Crippen LogP contribution is 2.25. The second-order valence-corrected chi connectivity index (χ2v) is 3.92. The molecule has 0 saturated carbocycles. The summed E-state index contributed by atoms with van der Waals surface area (Å²) in [5.74, 6) is 0.682. The number of aromatic nitrogens is 3. The third-order valence-electron chi connectivity index (χ3n) is 2.89. The molecule has 0 aliphatic carbocycles. The lowest BCUT2D eigenvalue weighted by atomic mass is 9.99. The highest BCUT2D eigenvalue weighted by atomic mass is 15.2. The van der Waals surface area contributed by atoms with Crippen LogP contribution < -0.4 is 5.73 Å². The van der Waals surface area contributed by atoms with Gasteiger partial charge in [0.25, 0.3) is 0 Å². The summed E-state index contributed by atoms with van der Waals surface area (Å²) in [7, 11) is 0. The molecule has 1 unspecified atom stereocenters. The van der Waals surface area contributed by atoms with Gasteiger partial charge in [-0.1, -0.05) is 42.5 Å². The first-order chi connectivity index (χ1) is 8.36. The van der Waals surface area contributed by atoms with E-state index in [1.165, 1.54) is 11.7 Å². The third-order valence-corrected chi connectivity index (χ3v) is 2.89. The zero-order valence-corrected chi connectivity index (χ0v) is 9.17. The van der Waals surface area contributed by atoms with Crippen molar-refractivity contribution in [1.82, 2.24) is 15.2 Å². The van der Waals surface area contributed by atoms with Gasteiger partial charge in [0.05, 0.1) is 6.04 Å². The molecule has 0 aliphatic rings. The number of fused-ring (bicyclic) bond motifs is 1. The summed E-state index contributed by atoms with van der Waals surface area (Å²) in [4.78, 5) is 4.11. The lowest BCUT2D eigenvalue weighted by Crippen LogP contribution is -2.14. The summed E-state index contributed by atoms with van der Waals surface area (Å²) >= 11 is 0. The van der Waals surface area contributed by atoms with Crippen LogP contribution in [-0.4, -0.2) is 15.2 Å². The Morgan fingerprint density at radius 1 is 1.06 bits per heavy atom. The van der Waals surface area contributed by atoms with E-state index in [2.05, 4.69) is 33.4 Å². The molecule has 0 spiro atoms. The third kappa shape index (κ3) is 1.68. The minimum Gasteiger partial charge on any atom is -0.318 e. The molecule has 1 heterocycles. The highest BCUT2D eigenvalue weighted by molar-refractivity contribution is 5.86. The largest absolute Gasteiger partial charge is 0.318 e. The first-order valence-electron chi connectivity index (χ1n) is 5.45. The van der Waals surface area contributed by atoms with E-state index in [0.717, 1.165) is 10.9 Å². The summed E-state index contributed by atoms with van der Waals surface area (Å²) in [5, 5.41) is 8.98. The first kappa shape index (κ1) is 9.99. The molecule has 0 radical (unpaired) electrons. The minimum absolute atomic E-state index is 0.274. The fraction of sp³-hybridized carbons (Fsp3) is 0.0769. The molecule has 84 valence electrons. The summed E-state index contributed by atoms with van der Waals surface area (Å²) in [6.07, 6.45) is 1.47. The smallest absolute Gasteiger partial charge is 0.145 e. The molecule has 1 atom stereocenters. The predicted molar refractivity (Wildman–Crippen MR) is 66.4 cm³/mol. The zero-order chi connectivity index (χ0) is 11.7. The number of aromatic amines is 1. The Labute approximate surface area is 98.5 Å². The maximum Gasteiger partial charge on any atom is 0.145 e. The van der Waals surface area contributed by atoms with Crippen LogP contribution in [0.5, 0.6) is 0 Å². The Hall–Kier alpha value is -2.20. The number of hydrogen-bond donors (Lipinski definition) is 2. The molecule has 3 aromatic rings. The standard InChI is InChI=1S/C13H12N4/c14-12(13-15-8-16-17-13)11-7-3-5-9-4-1-2-6-10(9)11/h1-8,12H,14H2,(H,15,16,17). The van der Waals surface area contributed by atoms with Gasteiger partial charge in [0, 0.05) is 0 Å². The topological polar surface area (TPSA) is 67.6 Å². The maximum atomic E-state index is 6.19. The van der Waals surface area contributed by atoms with Gasteiger partial charge in [0.1, 0.15) is 12.2 Å². The van der Waals surface area contributed by atoms with E-state index in [1.54, 1.807) is 0 Å². The van der Waals surface area contributed by atoms with Gasteiger partial charge in [-0.3, -0.25) is 5.10 Å². The van der Waals surface area contributed by atoms with Crippen LogP contribution in [0, 0.1) is 0 Å². The van der Waals surface area contributed by atoms with Gasteiger partial charge in [-0.2, -0.15) is 5.10 Å². The zero-order valence-electron chi connectivity index (χ0n) is 9.17. The van der Waals surface area contributed by atoms with Crippen molar-refractivity contribution in [3.8, 4) is 0 Å². The quantitative estimate of drug-likeness (QED) is 0.699. The van der Waals surface area contributed by atoms with E-state index >= 15 is 0 Å². The van der Waals surface area contributed by atoms with Crippen molar-refractivity contribution >= 4 is 10.8 Å². The van der Waals surface area contributed by atoms with Gasteiger partial charge < -0.3 is 5.73 Å². The molecular weight excluding hydrogens is 212 g/mol. The average Bonchev–Trinajstić information content (AvgIpc) is 2.91. The van der Waals surface area contributed by atoms with Crippen LogP contribution in [0.15, 0.2) is 48.8 Å². The molecule has 0 aliphatic heterocycles.